The minimum Gasteiger partial charge on any atom is -0.355 e. The van der Waals surface area contributed by atoms with Gasteiger partial charge in [0.25, 0.3) is 0 Å². The molecule has 1 aliphatic carbocycles. The van der Waals surface area contributed by atoms with Crippen molar-refractivity contribution < 1.29 is 0 Å². The predicted octanol–water partition coefficient (Wildman–Crippen LogP) is 4.08. The summed E-state index contributed by atoms with van der Waals surface area (Å²) in [6, 6.07) is 0. The van der Waals surface area contributed by atoms with E-state index in [-0.39, 0.29) is 0 Å². The van der Waals surface area contributed by atoms with Crippen molar-refractivity contribution in [3.05, 3.63) is 16.8 Å². The van der Waals surface area contributed by atoms with E-state index in [4.69, 9.17) is 4.98 Å². The van der Waals surface area contributed by atoms with Crippen LogP contribution in [0.3, 0.4) is 0 Å². The summed E-state index contributed by atoms with van der Waals surface area (Å²) in [4.78, 5) is 13.1. The third kappa shape index (κ3) is 1.85. The fourth-order valence-corrected chi connectivity index (χ4v) is 5.01. The SMILES string of the molecule is Cc1nc(N2CCC3(CCCC3)C2)c2c(C)csc2n1. The monoisotopic (exact) mass is 287 g/mol. The molecule has 2 fully saturated rings. The lowest BCUT2D eigenvalue weighted by molar-refractivity contribution is 0.340. The van der Waals surface area contributed by atoms with Crippen molar-refractivity contribution in [2.24, 2.45) is 5.41 Å². The fraction of sp³-hybridized carbons (Fsp3) is 0.625. The number of anilines is 1. The summed E-state index contributed by atoms with van der Waals surface area (Å²) in [7, 11) is 0. The van der Waals surface area contributed by atoms with E-state index in [0.29, 0.717) is 5.41 Å². The van der Waals surface area contributed by atoms with Gasteiger partial charge in [-0.2, -0.15) is 0 Å². The van der Waals surface area contributed by atoms with Crippen molar-refractivity contribution in [2.75, 3.05) is 18.0 Å². The van der Waals surface area contributed by atoms with Crippen molar-refractivity contribution in [1.29, 1.82) is 0 Å². The molecule has 3 nitrogen and oxygen atoms in total. The second-order valence-corrected chi connectivity index (χ2v) is 7.43. The summed E-state index contributed by atoms with van der Waals surface area (Å²) in [5.74, 6) is 2.09. The number of aromatic nitrogens is 2. The van der Waals surface area contributed by atoms with Crippen LogP contribution in [0.15, 0.2) is 5.38 Å². The molecule has 106 valence electrons. The van der Waals surface area contributed by atoms with Gasteiger partial charge in [-0.15, -0.1) is 11.3 Å². The molecule has 0 amide bonds. The molecule has 2 aliphatic rings. The maximum Gasteiger partial charge on any atom is 0.141 e. The number of fused-ring (bicyclic) bond motifs is 1. The molecule has 4 rings (SSSR count). The van der Waals surface area contributed by atoms with Crippen molar-refractivity contribution in [2.45, 2.75) is 46.0 Å². The van der Waals surface area contributed by atoms with E-state index < -0.39 is 0 Å². The van der Waals surface area contributed by atoms with E-state index in [1.165, 1.54) is 62.0 Å². The van der Waals surface area contributed by atoms with Gasteiger partial charge in [-0.05, 0) is 49.5 Å². The molecule has 0 atom stereocenters. The van der Waals surface area contributed by atoms with E-state index in [2.05, 4.69) is 22.2 Å². The number of hydrogen-bond donors (Lipinski definition) is 0. The Kier molecular flexibility index (Phi) is 2.78. The molecule has 3 heterocycles. The summed E-state index contributed by atoms with van der Waals surface area (Å²) in [5, 5.41) is 3.50. The standard InChI is InChI=1S/C16H21N3S/c1-11-9-20-15-13(11)14(17-12(2)18-15)19-8-7-16(10-19)5-3-4-6-16/h9H,3-8,10H2,1-2H3. The lowest BCUT2D eigenvalue weighted by atomic mass is 9.86. The van der Waals surface area contributed by atoms with Crippen LogP contribution in [0.2, 0.25) is 0 Å². The molecule has 0 aromatic carbocycles. The van der Waals surface area contributed by atoms with E-state index in [0.717, 1.165) is 10.7 Å². The minimum absolute atomic E-state index is 0.592. The largest absolute Gasteiger partial charge is 0.355 e. The highest BCUT2D eigenvalue weighted by Crippen LogP contribution is 2.47. The van der Waals surface area contributed by atoms with Crippen LogP contribution in [0.5, 0.6) is 0 Å². The Balaban J connectivity index is 1.77. The minimum atomic E-state index is 0.592. The normalized spacial score (nSPS) is 21.4. The number of hydrogen-bond acceptors (Lipinski definition) is 4. The Bertz CT molecular complexity index is 655. The Hall–Kier alpha value is -1.16. The van der Waals surface area contributed by atoms with Gasteiger partial charge < -0.3 is 4.90 Å². The predicted molar refractivity (Wildman–Crippen MR) is 84.6 cm³/mol. The average molecular weight is 287 g/mol. The second-order valence-electron chi connectivity index (χ2n) is 6.57. The van der Waals surface area contributed by atoms with Gasteiger partial charge in [-0.3, -0.25) is 0 Å². The van der Waals surface area contributed by atoms with Crippen LogP contribution in [0.25, 0.3) is 10.2 Å². The molecule has 20 heavy (non-hydrogen) atoms. The first-order valence-corrected chi connectivity index (χ1v) is 8.52. The van der Waals surface area contributed by atoms with Gasteiger partial charge >= 0.3 is 0 Å². The molecule has 0 unspecified atom stereocenters. The summed E-state index contributed by atoms with van der Waals surface area (Å²) in [6.45, 7) is 6.57. The van der Waals surface area contributed by atoms with Crippen molar-refractivity contribution in [3.8, 4) is 0 Å². The molecule has 1 saturated heterocycles. The van der Waals surface area contributed by atoms with Crippen molar-refractivity contribution in [1.82, 2.24) is 9.97 Å². The van der Waals surface area contributed by atoms with Gasteiger partial charge in [0.2, 0.25) is 0 Å². The molecule has 0 bridgehead atoms. The molecule has 0 radical (unpaired) electrons. The Morgan fingerprint density at radius 1 is 1.15 bits per heavy atom. The third-order valence-corrected chi connectivity index (χ3v) is 6.10. The molecule has 1 saturated carbocycles. The van der Waals surface area contributed by atoms with Crippen LogP contribution in [-0.2, 0) is 0 Å². The van der Waals surface area contributed by atoms with Crippen LogP contribution in [0, 0.1) is 19.3 Å². The molecule has 1 spiro atoms. The number of nitrogens with zero attached hydrogens (tertiary/aromatic N) is 3. The molecule has 4 heteroatoms. The molecular weight excluding hydrogens is 266 g/mol. The number of rotatable bonds is 1. The molecular formula is C16H21N3S. The summed E-state index contributed by atoms with van der Waals surface area (Å²) < 4.78 is 0. The quantitative estimate of drug-likeness (QED) is 0.791. The average Bonchev–Trinajstić information content (AvgIpc) is 3.13. The highest BCUT2D eigenvalue weighted by molar-refractivity contribution is 7.17. The Morgan fingerprint density at radius 3 is 2.75 bits per heavy atom. The van der Waals surface area contributed by atoms with Gasteiger partial charge in [0.05, 0.1) is 5.39 Å². The summed E-state index contributed by atoms with van der Waals surface area (Å²) in [6.07, 6.45) is 7.02. The van der Waals surface area contributed by atoms with Crippen LogP contribution in [-0.4, -0.2) is 23.1 Å². The first-order valence-electron chi connectivity index (χ1n) is 7.64. The highest BCUT2D eigenvalue weighted by Gasteiger charge is 2.41. The molecule has 1 aliphatic heterocycles. The van der Waals surface area contributed by atoms with Gasteiger partial charge in [0, 0.05) is 13.1 Å². The molecule has 2 aromatic rings. The van der Waals surface area contributed by atoms with Crippen molar-refractivity contribution in [3.63, 3.8) is 0 Å². The maximum atomic E-state index is 4.79. The Morgan fingerprint density at radius 2 is 1.95 bits per heavy atom. The smallest absolute Gasteiger partial charge is 0.141 e. The zero-order valence-corrected chi connectivity index (χ0v) is 13.1. The lowest BCUT2D eigenvalue weighted by Gasteiger charge is -2.24. The first kappa shape index (κ1) is 12.6. The van der Waals surface area contributed by atoms with Crippen LogP contribution >= 0.6 is 11.3 Å². The van der Waals surface area contributed by atoms with Crippen molar-refractivity contribution >= 4 is 27.4 Å². The third-order valence-electron chi connectivity index (χ3n) is 5.11. The highest BCUT2D eigenvalue weighted by atomic mass is 32.1. The summed E-state index contributed by atoms with van der Waals surface area (Å²) in [5.41, 5.74) is 1.92. The zero-order valence-electron chi connectivity index (χ0n) is 12.3. The molecule has 2 aromatic heterocycles. The summed E-state index contributed by atoms with van der Waals surface area (Å²) >= 11 is 1.75. The fourth-order valence-electron chi connectivity index (χ4n) is 4.04. The van der Waals surface area contributed by atoms with Gasteiger partial charge in [0.15, 0.2) is 0 Å². The van der Waals surface area contributed by atoms with E-state index in [9.17, 15) is 0 Å². The lowest BCUT2D eigenvalue weighted by Crippen LogP contribution is -2.26. The molecule has 0 N–H and O–H groups in total. The van der Waals surface area contributed by atoms with Crippen LogP contribution in [0.1, 0.15) is 43.5 Å². The number of thiophene rings is 1. The Labute approximate surface area is 124 Å². The van der Waals surface area contributed by atoms with E-state index in [1.54, 1.807) is 11.3 Å². The van der Waals surface area contributed by atoms with Crippen LogP contribution < -0.4 is 4.90 Å². The van der Waals surface area contributed by atoms with E-state index in [1.807, 2.05) is 6.92 Å². The maximum absolute atomic E-state index is 4.79. The van der Waals surface area contributed by atoms with Crippen LogP contribution in [0.4, 0.5) is 5.82 Å². The van der Waals surface area contributed by atoms with Gasteiger partial charge in [0.1, 0.15) is 16.5 Å². The first-order chi connectivity index (χ1) is 9.67. The second kappa shape index (κ2) is 4.42. The topological polar surface area (TPSA) is 29.0 Å². The zero-order chi connectivity index (χ0) is 13.7. The number of aryl methyl sites for hydroxylation is 2. The van der Waals surface area contributed by atoms with E-state index >= 15 is 0 Å². The van der Waals surface area contributed by atoms with Gasteiger partial charge in [-0.1, -0.05) is 12.8 Å². The van der Waals surface area contributed by atoms with Gasteiger partial charge in [-0.25, -0.2) is 9.97 Å².